The molecule has 1 fully saturated rings. The van der Waals surface area contributed by atoms with Gasteiger partial charge in [-0.2, -0.15) is 5.26 Å². The molecule has 23 heavy (non-hydrogen) atoms. The first kappa shape index (κ1) is 14.8. The van der Waals surface area contributed by atoms with Gasteiger partial charge in [-0.3, -0.25) is 9.59 Å². The van der Waals surface area contributed by atoms with Crippen molar-refractivity contribution in [2.45, 2.75) is 12.8 Å². The van der Waals surface area contributed by atoms with Crippen LogP contribution in [0.4, 0.5) is 11.4 Å². The first-order valence-corrected chi connectivity index (χ1v) is 7.40. The van der Waals surface area contributed by atoms with Crippen molar-refractivity contribution < 1.29 is 9.59 Å². The summed E-state index contributed by atoms with van der Waals surface area (Å²) in [6, 6.07) is 15.9. The number of para-hydroxylation sites is 1. The molecule has 1 saturated heterocycles. The molecule has 2 amide bonds. The fraction of sp³-hybridized carbons (Fsp3) is 0.167. The molecule has 2 aromatic carbocycles. The molecule has 1 aliphatic rings. The molecule has 5 nitrogen and oxygen atoms in total. The number of rotatable bonds is 3. The molecular weight excluding hydrogens is 290 g/mol. The van der Waals surface area contributed by atoms with E-state index >= 15 is 0 Å². The number of nitrogens with one attached hydrogen (secondary N) is 1. The van der Waals surface area contributed by atoms with E-state index in [-0.39, 0.29) is 11.8 Å². The highest BCUT2D eigenvalue weighted by molar-refractivity contribution is 6.06. The summed E-state index contributed by atoms with van der Waals surface area (Å²) in [6.07, 6.45) is 1.39. The first-order chi connectivity index (χ1) is 11.2. The molecule has 0 saturated carbocycles. The van der Waals surface area contributed by atoms with Gasteiger partial charge in [-0.05, 0) is 36.8 Å². The molecular formula is C18H15N3O2. The predicted octanol–water partition coefficient (Wildman–Crippen LogP) is 2.94. The largest absolute Gasteiger partial charge is 0.321 e. The summed E-state index contributed by atoms with van der Waals surface area (Å²) in [4.78, 5) is 25.9. The van der Waals surface area contributed by atoms with Crippen LogP contribution in [0.5, 0.6) is 0 Å². The highest BCUT2D eigenvalue weighted by Gasteiger charge is 2.22. The normalized spacial score (nSPS) is 13.7. The third-order valence-corrected chi connectivity index (χ3v) is 3.79. The lowest BCUT2D eigenvalue weighted by Crippen LogP contribution is -2.24. The monoisotopic (exact) mass is 305 g/mol. The summed E-state index contributed by atoms with van der Waals surface area (Å²) in [5.41, 5.74) is 2.07. The van der Waals surface area contributed by atoms with Gasteiger partial charge in [0.15, 0.2) is 0 Å². The molecule has 1 heterocycles. The van der Waals surface area contributed by atoms with Crippen molar-refractivity contribution >= 4 is 23.2 Å². The van der Waals surface area contributed by atoms with Crippen LogP contribution in [-0.2, 0) is 4.79 Å². The van der Waals surface area contributed by atoms with E-state index in [1.54, 1.807) is 47.4 Å². The second kappa shape index (κ2) is 6.32. The fourth-order valence-corrected chi connectivity index (χ4v) is 2.62. The van der Waals surface area contributed by atoms with E-state index in [9.17, 15) is 9.59 Å². The average Bonchev–Trinajstić information content (AvgIpc) is 3.01. The van der Waals surface area contributed by atoms with Crippen LogP contribution in [0, 0.1) is 11.3 Å². The first-order valence-electron chi connectivity index (χ1n) is 7.40. The van der Waals surface area contributed by atoms with Crippen molar-refractivity contribution in [2.75, 3.05) is 16.8 Å². The summed E-state index contributed by atoms with van der Waals surface area (Å²) in [6.45, 7) is 0.682. The zero-order valence-corrected chi connectivity index (χ0v) is 12.5. The Morgan fingerprint density at radius 3 is 2.74 bits per heavy atom. The van der Waals surface area contributed by atoms with E-state index in [1.807, 2.05) is 12.1 Å². The molecule has 0 bridgehead atoms. The predicted molar refractivity (Wildman–Crippen MR) is 87.1 cm³/mol. The second-order valence-electron chi connectivity index (χ2n) is 5.31. The van der Waals surface area contributed by atoms with Crippen LogP contribution in [0.2, 0.25) is 0 Å². The summed E-state index contributed by atoms with van der Waals surface area (Å²) in [5, 5.41) is 11.8. The lowest BCUT2D eigenvalue weighted by molar-refractivity contribution is -0.117. The Bertz CT molecular complexity index is 808. The Hall–Kier alpha value is -3.13. The molecule has 5 heteroatoms. The molecule has 0 aliphatic carbocycles. The summed E-state index contributed by atoms with van der Waals surface area (Å²) in [7, 11) is 0. The van der Waals surface area contributed by atoms with Gasteiger partial charge in [0, 0.05) is 24.2 Å². The van der Waals surface area contributed by atoms with Crippen LogP contribution < -0.4 is 10.2 Å². The van der Waals surface area contributed by atoms with Gasteiger partial charge in [0.25, 0.3) is 5.91 Å². The van der Waals surface area contributed by atoms with E-state index in [0.29, 0.717) is 29.8 Å². The minimum absolute atomic E-state index is 0.0809. The van der Waals surface area contributed by atoms with Crippen molar-refractivity contribution in [3.05, 3.63) is 59.7 Å². The number of benzene rings is 2. The molecule has 0 unspecified atom stereocenters. The Balaban J connectivity index is 1.83. The molecule has 0 radical (unpaired) electrons. The second-order valence-corrected chi connectivity index (χ2v) is 5.31. The molecule has 2 aromatic rings. The topological polar surface area (TPSA) is 73.2 Å². The lowest BCUT2D eigenvalue weighted by atomic mass is 10.1. The van der Waals surface area contributed by atoms with Crippen LogP contribution in [0.25, 0.3) is 0 Å². The zero-order chi connectivity index (χ0) is 16.2. The number of anilines is 2. The number of nitrogens with zero attached hydrogens (tertiary/aromatic N) is 2. The van der Waals surface area contributed by atoms with Crippen LogP contribution in [0.3, 0.4) is 0 Å². The van der Waals surface area contributed by atoms with Gasteiger partial charge < -0.3 is 10.2 Å². The number of nitriles is 1. The fourth-order valence-electron chi connectivity index (χ4n) is 2.62. The van der Waals surface area contributed by atoms with Crippen molar-refractivity contribution in [3.8, 4) is 6.07 Å². The van der Waals surface area contributed by atoms with Gasteiger partial charge in [0.1, 0.15) is 6.07 Å². The van der Waals surface area contributed by atoms with E-state index in [1.165, 1.54) is 0 Å². The van der Waals surface area contributed by atoms with Crippen LogP contribution >= 0.6 is 0 Å². The number of amides is 2. The van der Waals surface area contributed by atoms with Crippen molar-refractivity contribution in [3.63, 3.8) is 0 Å². The molecule has 114 valence electrons. The summed E-state index contributed by atoms with van der Waals surface area (Å²) in [5.74, 6) is -0.224. The molecule has 1 aliphatic heterocycles. The molecule has 0 atom stereocenters. The third kappa shape index (κ3) is 3.06. The Kier molecular flexibility index (Phi) is 4.07. The number of hydrogen-bond acceptors (Lipinski definition) is 3. The summed E-state index contributed by atoms with van der Waals surface area (Å²) >= 11 is 0. The highest BCUT2D eigenvalue weighted by atomic mass is 16.2. The number of carbonyl (C=O) groups is 2. The smallest absolute Gasteiger partial charge is 0.255 e. The van der Waals surface area contributed by atoms with Crippen molar-refractivity contribution in [1.82, 2.24) is 0 Å². The maximum absolute atomic E-state index is 12.4. The molecule has 3 rings (SSSR count). The van der Waals surface area contributed by atoms with Crippen molar-refractivity contribution in [1.29, 1.82) is 5.26 Å². The maximum atomic E-state index is 12.4. The Morgan fingerprint density at radius 1 is 1.17 bits per heavy atom. The number of carbonyl (C=O) groups excluding carboxylic acids is 2. The van der Waals surface area contributed by atoms with Gasteiger partial charge in [0.05, 0.1) is 11.3 Å². The molecule has 0 spiro atoms. The SMILES string of the molecule is N#Cc1ccccc1NC(=O)c1cccc(N2CCCC2=O)c1. The van der Waals surface area contributed by atoms with Gasteiger partial charge in [0.2, 0.25) is 5.91 Å². The minimum Gasteiger partial charge on any atom is -0.321 e. The molecule has 1 N–H and O–H groups in total. The van der Waals surface area contributed by atoms with Gasteiger partial charge in [-0.25, -0.2) is 0 Å². The van der Waals surface area contributed by atoms with Gasteiger partial charge in [-0.1, -0.05) is 18.2 Å². The van der Waals surface area contributed by atoms with Crippen LogP contribution in [0.15, 0.2) is 48.5 Å². The minimum atomic E-state index is -0.304. The maximum Gasteiger partial charge on any atom is 0.255 e. The van der Waals surface area contributed by atoms with Crippen LogP contribution in [-0.4, -0.2) is 18.4 Å². The third-order valence-electron chi connectivity index (χ3n) is 3.79. The van der Waals surface area contributed by atoms with E-state index in [0.717, 1.165) is 12.1 Å². The van der Waals surface area contributed by atoms with Crippen molar-refractivity contribution in [2.24, 2.45) is 0 Å². The quantitative estimate of drug-likeness (QED) is 0.947. The van der Waals surface area contributed by atoms with Gasteiger partial charge >= 0.3 is 0 Å². The lowest BCUT2D eigenvalue weighted by Gasteiger charge is -2.16. The van der Waals surface area contributed by atoms with E-state index < -0.39 is 0 Å². The number of hydrogen-bond donors (Lipinski definition) is 1. The summed E-state index contributed by atoms with van der Waals surface area (Å²) < 4.78 is 0. The van der Waals surface area contributed by atoms with E-state index in [2.05, 4.69) is 5.32 Å². The van der Waals surface area contributed by atoms with E-state index in [4.69, 9.17) is 5.26 Å². The van der Waals surface area contributed by atoms with Gasteiger partial charge in [-0.15, -0.1) is 0 Å². The molecule has 0 aromatic heterocycles. The Labute approximate surface area is 134 Å². The van der Waals surface area contributed by atoms with Crippen LogP contribution in [0.1, 0.15) is 28.8 Å². The zero-order valence-electron chi connectivity index (χ0n) is 12.5. The Morgan fingerprint density at radius 2 is 2.00 bits per heavy atom. The average molecular weight is 305 g/mol. The highest BCUT2D eigenvalue weighted by Crippen LogP contribution is 2.23. The standard InChI is InChI=1S/C18H15N3O2/c19-12-14-5-1-2-8-16(14)20-18(23)13-6-3-7-15(11-13)21-10-4-9-17(21)22/h1-3,5-8,11H,4,9-10H2,(H,20,23).